The number of carbonyl (C=O) groups excluding carboxylic acids is 1. The van der Waals surface area contributed by atoms with Crippen molar-refractivity contribution in [2.45, 2.75) is 12.8 Å². The Morgan fingerprint density at radius 1 is 1.13 bits per heavy atom. The molecule has 2 aromatic carbocycles. The van der Waals surface area contributed by atoms with Crippen LogP contribution in [0.2, 0.25) is 0 Å². The summed E-state index contributed by atoms with van der Waals surface area (Å²) in [7, 11) is 0. The van der Waals surface area contributed by atoms with Crippen LogP contribution in [0, 0.1) is 5.82 Å². The molecule has 0 radical (unpaired) electrons. The third kappa shape index (κ3) is 5.99. The Morgan fingerprint density at radius 2 is 1.91 bits per heavy atom. The molecule has 0 heterocycles. The van der Waals surface area contributed by atoms with Crippen molar-refractivity contribution in [1.82, 2.24) is 0 Å². The molecule has 0 N–H and O–H groups in total. The fraction of sp³-hybridized carbons (Fsp3) is 0.211. The molecular formula is C19H18BrFO2. The number of rotatable bonds is 8. The van der Waals surface area contributed by atoms with E-state index in [1.54, 1.807) is 42.5 Å². The van der Waals surface area contributed by atoms with Crippen LogP contribution in [0.25, 0.3) is 6.08 Å². The fourth-order valence-electron chi connectivity index (χ4n) is 1.98. The predicted molar refractivity (Wildman–Crippen MR) is 94.7 cm³/mol. The van der Waals surface area contributed by atoms with Crippen molar-refractivity contribution >= 4 is 27.8 Å². The first-order valence-corrected chi connectivity index (χ1v) is 8.58. The second kappa shape index (κ2) is 9.26. The molecule has 0 aromatic heterocycles. The van der Waals surface area contributed by atoms with Crippen LogP contribution in [0.3, 0.4) is 0 Å². The van der Waals surface area contributed by atoms with Gasteiger partial charge in [-0.05, 0) is 60.9 Å². The van der Waals surface area contributed by atoms with Crippen molar-refractivity contribution < 1.29 is 13.9 Å². The fourth-order valence-corrected chi connectivity index (χ4v) is 2.38. The van der Waals surface area contributed by atoms with Gasteiger partial charge in [-0.25, -0.2) is 4.39 Å². The highest BCUT2D eigenvalue weighted by Crippen LogP contribution is 2.14. The van der Waals surface area contributed by atoms with E-state index in [1.807, 2.05) is 0 Å². The van der Waals surface area contributed by atoms with E-state index in [0.29, 0.717) is 17.7 Å². The lowest BCUT2D eigenvalue weighted by atomic mass is 10.1. The van der Waals surface area contributed by atoms with Crippen molar-refractivity contribution in [2.75, 3.05) is 11.9 Å². The molecule has 2 nitrogen and oxygen atoms in total. The van der Waals surface area contributed by atoms with E-state index < -0.39 is 0 Å². The number of ether oxygens (including phenoxy) is 1. The summed E-state index contributed by atoms with van der Waals surface area (Å²) < 4.78 is 18.7. The number of hydrogen-bond acceptors (Lipinski definition) is 2. The minimum atomic E-state index is -0.319. The minimum absolute atomic E-state index is 0.125. The van der Waals surface area contributed by atoms with Crippen LogP contribution in [-0.4, -0.2) is 17.7 Å². The molecule has 2 aromatic rings. The molecule has 2 rings (SSSR count). The molecule has 0 spiro atoms. The average Bonchev–Trinajstić information content (AvgIpc) is 2.57. The first-order chi connectivity index (χ1) is 11.2. The Kier molecular flexibility index (Phi) is 7.01. The first-order valence-electron chi connectivity index (χ1n) is 7.46. The second-order valence-corrected chi connectivity index (χ2v) is 5.81. The monoisotopic (exact) mass is 376 g/mol. The van der Waals surface area contributed by atoms with Gasteiger partial charge in [0.1, 0.15) is 11.6 Å². The molecule has 0 saturated carbocycles. The summed E-state index contributed by atoms with van der Waals surface area (Å²) >= 11 is 3.38. The van der Waals surface area contributed by atoms with Gasteiger partial charge in [-0.1, -0.05) is 34.1 Å². The van der Waals surface area contributed by atoms with Crippen LogP contribution >= 0.6 is 15.9 Å². The number of allylic oxidation sites excluding steroid dienone is 1. The molecule has 0 atom stereocenters. The minimum Gasteiger partial charge on any atom is -0.494 e. The van der Waals surface area contributed by atoms with Crippen LogP contribution in [0.1, 0.15) is 28.8 Å². The third-order valence-electron chi connectivity index (χ3n) is 3.21. The van der Waals surface area contributed by atoms with Crippen molar-refractivity contribution in [3.63, 3.8) is 0 Å². The van der Waals surface area contributed by atoms with E-state index in [9.17, 15) is 9.18 Å². The molecule has 0 saturated heterocycles. The molecule has 120 valence electrons. The third-order valence-corrected chi connectivity index (χ3v) is 3.77. The van der Waals surface area contributed by atoms with E-state index in [1.165, 1.54) is 18.2 Å². The molecule has 4 heteroatoms. The number of benzene rings is 2. The van der Waals surface area contributed by atoms with Crippen LogP contribution in [0.15, 0.2) is 54.6 Å². The number of carbonyl (C=O) groups is 1. The Morgan fingerprint density at radius 3 is 2.61 bits per heavy atom. The molecule has 0 unspecified atom stereocenters. The summed E-state index contributed by atoms with van der Waals surface area (Å²) in [5.41, 5.74) is 1.23. The van der Waals surface area contributed by atoms with Crippen molar-refractivity contribution in [2.24, 2.45) is 0 Å². The Hall–Kier alpha value is -1.94. The maximum Gasteiger partial charge on any atom is 0.185 e. The number of unbranched alkanes of at least 4 members (excludes halogenated alkanes) is 1. The molecule has 0 aliphatic heterocycles. The smallest absolute Gasteiger partial charge is 0.185 e. The zero-order chi connectivity index (χ0) is 16.5. The molecule has 23 heavy (non-hydrogen) atoms. The van der Waals surface area contributed by atoms with E-state index in [0.717, 1.165) is 23.9 Å². The van der Waals surface area contributed by atoms with Gasteiger partial charge in [-0.3, -0.25) is 4.79 Å². The lowest BCUT2D eigenvalue weighted by Gasteiger charge is -2.05. The maximum atomic E-state index is 13.1. The SMILES string of the molecule is O=C(C=Cc1cccc(F)c1)c1ccc(OCCCCBr)cc1. The summed E-state index contributed by atoms with van der Waals surface area (Å²) in [6.07, 6.45) is 5.11. The highest BCUT2D eigenvalue weighted by molar-refractivity contribution is 9.09. The van der Waals surface area contributed by atoms with Gasteiger partial charge in [-0.2, -0.15) is 0 Å². The Balaban J connectivity index is 1.92. The summed E-state index contributed by atoms with van der Waals surface area (Å²) in [6, 6.07) is 13.2. The Bertz CT molecular complexity index is 665. The van der Waals surface area contributed by atoms with Gasteiger partial charge in [0.05, 0.1) is 6.61 Å². The van der Waals surface area contributed by atoms with Crippen molar-refractivity contribution in [1.29, 1.82) is 0 Å². The number of halogens is 2. The van der Waals surface area contributed by atoms with E-state index in [2.05, 4.69) is 15.9 Å². The summed E-state index contributed by atoms with van der Waals surface area (Å²) in [5, 5.41) is 0.974. The van der Waals surface area contributed by atoms with Gasteiger partial charge in [0.25, 0.3) is 0 Å². The lowest BCUT2D eigenvalue weighted by Crippen LogP contribution is -1.99. The quantitative estimate of drug-likeness (QED) is 0.271. The highest BCUT2D eigenvalue weighted by Gasteiger charge is 2.02. The standard InChI is InChI=1S/C19H18BrFO2/c20-12-1-2-13-23-18-9-7-16(8-10-18)19(22)11-6-15-4-3-5-17(21)14-15/h3-11,14H,1-2,12-13H2. The Labute approximate surface area is 144 Å². The van der Waals surface area contributed by atoms with Gasteiger partial charge in [0.15, 0.2) is 5.78 Å². The first kappa shape index (κ1) is 17.4. The van der Waals surface area contributed by atoms with Crippen molar-refractivity contribution in [3.8, 4) is 5.75 Å². The topological polar surface area (TPSA) is 26.3 Å². The molecule has 0 aliphatic carbocycles. The second-order valence-electron chi connectivity index (χ2n) is 5.02. The highest BCUT2D eigenvalue weighted by atomic mass is 79.9. The normalized spacial score (nSPS) is 10.9. The summed E-state index contributed by atoms with van der Waals surface area (Å²) in [5.74, 6) is 0.311. The molecule has 0 bridgehead atoms. The van der Waals surface area contributed by atoms with E-state index in [-0.39, 0.29) is 11.6 Å². The maximum absolute atomic E-state index is 13.1. The zero-order valence-corrected chi connectivity index (χ0v) is 14.3. The lowest BCUT2D eigenvalue weighted by molar-refractivity contribution is 0.104. The molecule has 0 aliphatic rings. The predicted octanol–water partition coefficient (Wildman–Crippen LogP) is 5.28. The van der Waals surface area contributed by atoms with Gasteiger partial charge >= 0.3 is 0 Å². The number of ketones is 1. The molecule has 0 fully saturated rings. The van der Waals surface area contributed by atoms with E-state index in [4.69, 9.17) is 4.74 Å². The van der Waals surface area contributed by atoms with Crippen LogP contribution in [-0.2, 0) is 0 Å². The number of alkyl halides is 1. The average molecular weight is 377 g/mol. The summed E-state index contributed by atoms with van der Waals surface area (Å²) in [6.45, 7) is 0.665. The molecular weight excluding hydrogens is 359 g/mol. The van der Waals surface area contributed by atoms with Crippen LogP contribution in [0.5, 0.6) is 5.75 Å². The van der Waals surface area contributed by atoms with Crippen LogP contribution in [0.4, 0.5) is 4.39 Å². The van der Waals surface area contributed by atoms with Gasteiger partial charge < -0.3 is 4.74 Å². The number of hydrogen-bond donors (Lipinski definition) is 0. The van der Waals surface area contributed by atoms with Crippen LogP contribution < -0.4 is 4.74 Å². The van der Waals surface area contributed by atoms with Gasteiger partial charge in [-0.15, -0.1) is 0 Å². The van der Waals surface area contributed by atoms with Gasteiger partial charge in [0.2, 0.25) is 0 Å². The van der Waals surface area contributed by atoms with E-state index >= 15 is 0 Å². The molecule has 0 amide bonds. The summed E-state index contributed by atoms with van der Waals surface area (Å²) in [4.78, 5) is 12.1. The van der Waals surface area contributed by atoms with Crippen molar-refractivity contribution in [3.05, 3.63) is 71.6 Å². The van der Waals surface area contributed by atoms with Gasteiger partial charge in [0, 0.05) is 10.9 Å². The largest absolute Gasteiger partial charge is 0.494 e. The zero-order valence-electron chi connectivity index (χ0n) is 12.7.